The average Bonchev–Trinajstić information content (AvgIpc) is 2.88. The van der Waals surface area contributed by atoms with Crippen LogP contribution in [0.5, 0.6) is 0 Å². The molecule has 0 spiro atoms. The Hall–Kier alpha value is -1.14. The molecular weight excluding hydrogens is 301 g/mol. The van der Waals surface area contributed by atoms with Gasteiger partial charge in [-0.2, -0.15) is 4.98 Å². The van der Waals surface area contributed by atoms with E-state index in [4.69, 9.17) is 38.2 Å². The maximum absolute atomic E-state index is 6.08. The summed E-state index contributed by atoms with van der Waals surface area (Å²) < 4.78 is 10.6. The number of nitrogens with zero attached hydrogens (tertiary/aromatic N) is 2. The molecule has 7 heteroatoms. The number of rotatable bonds is 5. The Morgan fingerprint density at radius 2 is 2.10 bits per heavy atom. The maximum Gasteiger partial charge on any atom is 0.259 e. The van der Waals surface area contributed by atoms with Gasteiger partial charge in [-0.15, -0.1) is 0 Å². The van der Waals surface area contributed by atoms with Crippen molar-refractivity contribution in [2.75, 3.05) is 6.61 Å². The summed E-state index contributed by atoms with van der Waals surface area (Å²) in [5.74, 6) is 0.657. The van der Waals surface area contributed by atoms with Crippen molar-refractivity contribution >= 4 is 23.2 Å². The summed E-state index contributed by atoms with van der Waals surface area (Å²) in [6.07, 6.45) is 0.0924. The molecule has 0 amide bonds. The van der Waals surface area contributed by atoms with E-state index < -0.39 is 6.04 Å². The fourth-order valence-electron chi connectivity index (χ4n) is 1.53. The number of ether oxygens (including phenoxy) is 1. The van der Waals surface area contributed by atoms with Gasteiger partial charge >= 0.3 is 0 Å². The van der Waals surface area contributed by atoms with Crippen molar-refractivity contribution < 1.29 is 9.26 Å². The number of hydrogen-bond acceptors (Lipinski definition) is 5. The van der Waals surface area contributed by atoms with E-state index in [1.165, 1.54) is 0 Å². The molecule has 20 heavy (non-hydrogen) atoms. The fourth-order valence-corrected chi connectivity index (χ4v) is 1.90. The van der Waals surface area contributed by atoms with Crippen molar-refractivity contribution in [3.05, 3.63) is 34.1 Å². The van der Waals surface area contributed by atoms with Gasteiger partial charge in [0.05, 0.1) is 29.3 Å². The van der Waals surface area contributed by atoms with Crippen LogP contribution in [0.2, 0.25) is 10.0 Å². The smallest absolute Gasteiger partial charge is 0.259 e. The van der Waals surface area contributed by atoms with Crippen LogP contribution < -0.4 is 5.73 Å². The van der Waals surface area contributed by atoms with Gasteiger partial charge in [0.2, 0.25) is 0 Å². The van der Waals surface area contributed by atoms with Crippen LogP contribution in [-0.4, -0.2) is 22.9 Å². The monoisotopic (exact) mass is 315 g/mol. The van der Waals surface area contributed by atoms with E-state index in [-0.39, 0.29) is 12.0 Å². The zero-order valence-electron chi connectivity index (χ0n) is 11.1. The first-order valence-electron chi connectivity index (χ1n) is 6.13. The Balaban J connectivity index is 2.18. The molecule has 0 aliphatic heterocycles. The van der Waals surface area contributed by atoms with E-state index in [9.17, 15) is 0 Å². The Morgan fingerprint density at radius 1 is 1.35 bits per heavy atom. The van der Waals surface area contributed by atoms with Crippen LogP contribution in [0.4, 0.5) is 0 Å². The van der Waals surface area contributed by atoms with Crippen LogP contribution in [0, 0.1) is 0 Å². The third kappa shape index (κ3) is 3.70. The predicted octanol–water partition coefficient (Wildman–Crippen LogP) is 3.47. The summed E-state index contributed by atoms with van der Waals surface area (Å²) in [4.78, 5) is 4.23. The first-order valence-corrected chi connectivity index (χ1v) is 6.89. The molecule has 0 aliphatic carbocycles. The van der Waals surface area contributed by atoms with Crippen molar-refractivity contribution in [3.63, 3.8) is 0 Å². The maximum atomic E-state index is 6.08. The van der Waals surface area contributed by atoms with Gasteiger partial charge in [-0.3, -0.25) is 0 Å². The summed E-state index contributed by atoms with van der Waals surface area (Å²) in [7, 11) is 0. The van der Waals surface area contributed by atoms with Gasteiger partial charge in [0.15, 0.2) is 5.82 Å². The molecule has 1 aromatic heterocycles. The van der Waals surface area contributed by atoms with Crippen LogP contribution in [0.25, 0.3) is 11.5 Å². The lowest BCUT2D eigenvalue weighted by Crippen LogP contribution is -2.20. The van der Waals surface area contributed by atoms with E-state index in [1.54, 1.807) is 18.2 Å². The molecule has 0 saturated carbocycles. The molecule has 2 N–H and O–H groups in total. The Bertz CT molecular complexity index is 587. The molecule has 1 heterocycles. The molecule has 0 radical (unpaired) electrons. The zero-order valence-corrected chi connectivity index (χ0v) is 12.6. The molecule has 1 unspecified atom stereocenters. The van der Waals surface area contributed by atoms with Gasteiger partial charge in [0.25, 0.3) is 5.89 Å². The van der Waals surface area contributed by atoms with Crippen LogP contribution in [-0.2, 0) is 4.74 Å². The van der Waals surface area contributed by atoms with Gasteiger partial charge < -0.3 is 15.0 Å². The highest BCUT2D eigenvalue weighted by atomic mass is 35.5. The van der Waals surface area contributed by atoms with Gasteiger partial charge in [-0.25, -0.2) is 0 Å². The van der Waals surface area contributed by atoms with E-state index in [0.717, 1.165) is 0 Å². The van der Waals surface area contributed by atoms with Crippen LogP contribution >= 0.6 is 23.2 Å². The SMILES string of the molecule is CC(C)OCC(N)c1noc(-c2cc(Cl)ccc2Cl)n1. The highest BCUT2D eigenvalue weighted by Crippen LogP contribution is 2.29. The van der Waals surface area contributed by atoms with Crippen LogP contribution in [0.3, 0.4) is 0 Å². The Labute approximate surface area is 127 Å². The second-order valence-corrected chi connectivity index (χ2v) is 5.41. The molecule has 1 atom stereocenters. The van der Waals surface area contributed by atoms with Crippen LogP contribution in [0.1, 0.15) is 25.7 Å². The van der Waals surface area contributed by atoms with Crippen molar-refractivity contribution in [1.29, 1.82) is 0 Å². The summed E-state index contributed by atoms with van der Waals surface area (Å²) >= 11 is 12.0. The minimum Gasteiger partial charge on any atom is -0.377 e. The molecule has 0 bridgehead atoms. The molecule has 2 aromatic rings. The second-order valence-electron chi connectivity index (χ2n) is 4.57. The third-order valence-electron chi connectivity index (χ3n) is 2.54. The Morgan fingerprint density at radius 3 is 2.80 bits per heavy atom. The van der Waals surface area contributed by atoms with Gasteiger partial charge in [-0.05, 0) is 32.0 Å². The molecule has 0 fully saturated rings. The highest BCUT2D eigenvalue weighted by Gasteiger charge is 2.17. The lowest BCUT2D eigenvalue weighted by Gasteiger charge is -2.10. The standard InChI is InChI=1S/C13H15Cl2N3O2/c1-7(2)19-6-11(16)12-17-13(20-18-12)9-5-8(14)3-4-10(9)15/h3-5,7,11H,6,16H2,1-2H3. The van der Waals surface area contributed by atoms with Crippen molar-refractivity contribution in [2.45, 2.75) is 26.0 Å². The first-order chi connectivity index (χ1) is 9.47. The fraction of sp³-hybridized carbons (Fsp3) is 0.385. The largest absolute Gasteiger partial charge is 0.377 e. The Kier molecular flexibility index (Phi) is 4.99. The molecule has 2 rings (SSSR count). The van der Waals surface area contributed by atoms with Crippen LogP contribution in [0.15, 0.2) is 22.7 Å². The van der Waals surface area contributed by atoms with E-state index in [1.807, 2.05) is 13.8 Å². The molecular formula is C13H15Cl2N3O2. The summed E-state index contributed by atoms with van der Waals surface area (Å²) in [5, 5.41) is 4.87. The number of halogens is 2. The van der Waals surface area contributed by atoms with Crippen molar-refractivity contribution in [2.24, 2.45) is 5.73 Å². The van der Waals surface area contributed by atoms with Gasteiger partial charge in [0.1, 0.15) is 0 Å². The van der Waals surface area contributed by atoms with E-state index in [2.05, 4.69) is 10.1 Å². The van der Waals surface area contributed by atoms with Gasteiger partial charge in [0, 0.05) is 5.02 Å². The number of benzene rings is 1. The van der Waals surface area contributed by atoms with E-state index >= 15 is 0 Å². The average molecular weight is 316 g/mol. The number of nitrogens with two attached hydrogens (primary N) is 1. The topological polar surface area (TPSA) is 74.2 Å². The minimum atomic E-state index is -0.451. The summed E-state index contributed by atoms with van der Waals surface area (Å²) in [6.45, 7) is 4.18. The molecule has 0 saturated heterocycles. The number of aromatic nitrogens is 2. The van der Waals surface area contributed by atoms with E-state index in [0.29, 0.717) is 28.0 Å². The lowest BCUT2D eigenvalue weighted by atomic mass is 10.2. The highest BCUT2D eigenvalue weighted by molar-refractivity contribution is 6.35. The zero-order chi connectivity index (χ0) is 14.7. The van der Waals surface area contributed by atoms with Crippen molar-refractivity contribution in [3.8, 4) is 11.5 Å². The lowest BCUT2D eigenvalue weighted by molar-refractivity contribution is 0.0665. The van der Waals surface area contributed by atoms with Gasteiger partial charge in [-0.1, -0.05) is 28.4 Å². The molecule has 1 aromatic carbocycles. The minimum absolute atomic E-state index is 0.0924. The molecule has 5 nitrogen and oxygen atoms in total. The number of hydrogen-bond donors (Lipinski definition) is 1. The quantitative estimate of drug-likeness (QED) is 0.914. The second kappa shape index (κ2) is 6.54. The summed E-state index contributed by atoms with van der Waals surface area (Å²) in [6, 6.07) is 4.57. The first kappa shape index (κ1) is 15.3. The third-order valence-corrected chi connectivity index (χ3v) is 3.11. The molecule has 0 aliphatic rings. The molecule has 108 valence electrons. The normalized spacial score (nSPS) is 12.9. The predicted molar refractivity (Wildman–Crippen MR) is 77.8 cm³/mol. The summed E-state index contributed by atoms with van der Waals surface area (Å²) in [5.41, 5.74) is 6.51. The van der Waals surface area contributed by atoms with Crippen molar-refractivity contribution in [1.82, 2.24) is 10.1 Å².